The van der Waals surface area contributed by atoms with Crippen molar-refractivity contribution in [3.63, 3.8) is 0 Å². The topological polar surface area (TPSA) is 63.2 Å². The third kappa shape index (κ3) is 4.27. The molecule has 1 aliphatic rings. The fourth-order valence-electron chi connectivity index (χ4n) is 3.02. The van der Waals surface area contributed by atoms with E-state index in [9.17, 15) is 4.39 Å². The average Bonchev–Trinajstić information content (AvgIpc) is 3.03. The van der Waals surface area contributed by atoms with Gasteiger partial charge in [0.1, 0.15) is 11.6 Å². The maximum absolute atomic E-state index is 14.0. The van der Waals surface area contributed by atoms with Crippen molar-refractivity contribution in [2.75, 3.05) is 30.4 Å². The molecule has 2 aromatic heterocycles. The van der Waals surface area contributed by atoms with E-state index in [-0.39, 0.29) is 17.3 Å². The van der Waals surface area contributed by atoms with Gasteiger partial charge in [-0.3, -0.25) is 0 Å². The van der Waals surface area contributed by atoms with E-state index >= 15 is 0 Å². The minimum absolute atomic E-state index is 0.154. The summed E-state index contributed by atoms with van der Waals surface area (Å²) in [4.78, 5) is 15.4. The molecule has 1 N–H and O–H groups in total. The van der Waals surface area contributed by atoms with Gasteiger partial charge in [0.25, 0.3) is 0 Å². The highest BCUT2D eigenvalue weighted by atomic mass is 19.1. The van der Waals surface area contributed by atoms with Crippen molar-refractivity contribution in [2.45, 2.75) is 45.3 Å². The fourth-order valence-corrected chi connectivity index (χ4v) is 3.02. The van der Waals surface area contributed by atoms with Crippen LogP contribution in [0.5, 0.6) is 0 Å². The number of hydrogen-bond acceptors (Lipinski definition) is 6. The van der Waals surface area contributed by atoms with Gasteiger partial charge in [-0.25, -0.2) is 19.3 Å². The molecule has 0 amide bonds. The van der Waals surface area contributed by atoms with Crippen LogP contribution >= 0.6 is 0 Å². The van der Waals surface area contributed by atoms with Crippen LogP contribution in [0.25, 0.3) is 0 Å². The summed E-state index contributed by atoms with van der Waals surface area (Å²) >= 11 is 0. The summed E-state index contributed by atoms with van der Waals surface area (Å²) < 4.78 is 19.2. The second-order valence-corrected chi connectivity index (χ2v) is 7.64. The van der Waals surface area contributed by atoms with Crippen LogP contribution in [0.1, 0.15) is 38.7 Å². The summed E-state index contributed by atoms with van der Waals surface area (Å²) in [6, 6.07) is 5.15. The first-order valence-electron chi connectivity index (χ1n) is 8.86. The van der Waals surface area contributed by atoms with E-state index in [1.165, 1.54) is 6.07 Å². The molecule has 2 aromatic rings. The van der Waals surface area contributed by atoms with E-state index in [0.717, 1.165) is 30.3 Å². The number of rotatable bonds is 5. The van der Waals surface area contributed by atoms with Gasteiger partial charge in [0.15, 0.2) is 11.6 Å². The van der Waals surface area contributed by atoms with E-state index in [4.69, 9.17) is 4.74 Å². The highest BCUT2D eigenvalue weighted by molar-refractivity contribution is 5.44. The average molecular weight is 359 g/mol. The molecule has 7 heteroatoms. The lowest BCUT2D eigenvalue weighted by atomic mass is 9.95. The third-order valence-electron chi connectivity index (χ3n) is 4.32. The lowest BCUT2D eigenvalue weighted by Crippen LogP contribution is -2.28. The molecule has 1 aliphatic heterocycles. The first kappa shape index (κ1) is 18.5. The molecule has 6 nitrogen and oxygen atoms in total. The molecule has 0 aliphatic carbocycles. The lowest BCUT2D eigenvalue weighted by Gasteiger charge is -2.21. The smallest absolute Gasteiger partial charge is 0.165 e. The number of nitrogens with one attached hydrogen (secondary N) is 1. The van der Waals surface area contributed by atoms with Gasteiger partial charge in [-0.2, -0.15) is 0 Å². The second-order valence-electron chi connectivity index (χ2n) is 7.64. The number of anilines is 2. The van der Waals surface area contributed by atoms with Crippen LogP contribution in [-0.4, -0.2) is 41.2 Å². The van der Waals surface area contributed by atoms with Crippen molar-refractivity contribution in [1.29, 1.82) is 0 Å². The summed E-state index contributed by atoms with van der Waals surface area (Å²) in [6.07, 6.45) is 2.51. The monoisotopic (exact) mass is 359 g/mol. The van der Waals surface area contributed by atoms with Crippen molar-refractivity contribution in [3.05, 3.63) is 41.7 Å². The Morgan fingerprint density at radius 3 is 2.85 bits per heavy atom. The minimum Gasteiger partial charge on any atom is -0.378 e. The van der Waals surface area contributed by atoms with Gasteiger partial charge < -0.3 is 15.0 Å². The summed E-state index contributed by atoms with van der Waals surface area (Å²) in [7, 11) is 1.65. The molecule has 0 radical (unpaired) electrons. The third-order valence-corrected chi connectivity index (χ3v) is 4.32. The maximum Gasteiger partial charge on any atom is 0.165 e. The Hall–Kier alpha value is -2.28. The first-order chi connectivity index (χ1) is 12.4. The number of aromatic nitrogens is 3. The SMILES string of the molecule is COCc1cc(NC2CCN(c3ncccc3F)C2)nc(C(C)(C)C)n1. The number of ether oxygens (including phenoxy) is 1. The van der Waals surface area contributed by atoms with Gasteiger partial charge in [-0.15, -0.1) is 0 Å². The van der Waals surface area contributed by atoms with Crippen molar-refractivity contribution in [1.82, 2.24) is 15.0 Å². The standard InChI is InChI=1S/C19H26FN5O/c1-19(2,3)18-23-14(12-26-4)10-16(24-18)22-13-7-9-25(11-13)17-15(20)6-5-8-21-17/h5-6,8,10,13H,7,9,11-12H2,1-4H3,(H,22,23,24). The number of halogens is 1. The highest BCUT2D eigenvalue weighted by Gasteiger charge is 2.26. The Morgan fingerprint density at radius 2 is 2.15 bits per heavy atom. The van der Waals surface area contributed by atoms with Gasteiger partial charge in [0.2, 0.25) is 0 Å². The van der Waals surface area contributed by atoms with Crippen LogP contribution in [0.4, 0.5) is 16.0 Å². The molecular formula is C19H26FN5O. The molecule has 1 atom stereocenters. The predicted octanol–water partition coefficient (Wildman–Crippen LogP) is 3.15. The lowest BCUT2D eigenvalue weighted by molar-refractivity contribution is 0.181. The van der Waals surface area contributed by atoms with E-state index in [1.54, 1.807) is 19.4 Å². The van der Waals surface area contributed by atoms with Crippen molar-refractivity contribution in [2.24, 2.45) is 0 Å². The molecule has 140 valence electrons. The van der Waals surface area contributed by atoms with Crippen LogP contribution in [0, 0.1) is 5.82 Å². The van der Waals surface area contributed by atoms with E-state index in [1.807, 2.05) is 11.0 Å². The summed E-state index contributed by atoms with van der Waals surface area (Å²) in [5, 5.41) is 3.47. The molecule has 3 rings (SSSR count). The second kappa shape index (κ2) is 7.53. The van der Waals surface area contributed by atoms with Crippen LogP contribution in [-0.2, 0) is 16.8 Å². The molecule has 3 heterocycles. The molecule has 0 aromatic carbocycles. The van der Waals surface area contributed by atoms with Crippen LogP contribution < -0.4 is 10.2 Å². The number of nitrogens with zero attached hydrogens (tertiary/aromatic N) is 4. The molecule has 1 fully saturated rings. The molecular weight excluding hydrogens is 333 g/mol. The van der Waals surface area contributed by atoms with Crippen molar-refractivity contribution >= 4 is 11.6 Å². The van der Waals surface area contributed by atoms with Crippen LogP contribution in [0.15, 0.2) is 24.4 Å². The normalized spacial score (nSPS) is 17.6. The Labute approximate surface area is 153 Å². The van der Waals surface area contributed by atoms with Gasteiger partial charge in [-0.1, -0.05) is 20.8 Å². The van der Waals surface area contributed by atoms with Gasteiger partial charge in [-0.05, 0) is 18.6 Å². The maximum atomic E-state index is 14.0. The summed E-state index contributed by atoms with van der Waals surface area (Å²) in [6.45, 7) is 8.14. The molecule has 1 unspecified atom stereocenters. The van der Waals surface area contributed by atoms with Crippen LogP contribution in [0.2, 0.25) is 0 Å². The zero-order chi connectivity index (χ0) is 18.7. The van der Waals surface area contributed by atoms with Gasteiger partial charge in [0.05, 0.1) is 12.3 Å². The van der Waals surface area contributed by atoms with E-state index in [0.29, 0.717) is 19.0 Å². The number of pyridine rings is 1. The molecule has 26 heavy (non-hydrogen) atoms. The molecule has 0 saturated carbocycles. The zero-order valence-electron chi connectivity index (χ0n) is 15.8. The minimum atomic E-state index is -0.285. The Morgan fingerprint density at radius 1 is 1.35 bits per heavy atom. The predicted molar refractivity (Wildman–Crippen MR) is 99.9 cm³/mol. The summed E-state index contributed by atoms with van der Waals surface area (Å²) in [5.41, 5.74) is 0.694. The largest absolute Gasteiger partial charge is 0.378 e. The quantitative estimate of drug-likeness (QED) is 0.885. The highest BCUT2D eigenvalue weighted by Crippen LogP contribution is 2.24. The Bertz CT molecular complexity index is 762. The number of hydrogen-bond donors (Lipinski definition) is 1. The Kier molecular flexibility index (Phi) is 5.36. The summed E-state index contributed by atoms with van der Waals surface area (Å²) in [5.74, 6) is 1.69. The van der Waals surface area contributed by atoms with Gasteiger partial charge in [0, 0.05) is 43.9 Å². The van der Waals surface area contributed by atoms with Gasteiger partial charge >= 0.3 is 0 Å². The molecule has 0 bridgehead atoms. The van der Waals surface area contributed by atoms with E-state index < -0.39 is 0 Å². The zero-order valence-corrected chi connectivity index (χ0v) is 15.8. The first-order valence-corrected chi connectivity index (χ1v) is 8.86. The Balaban J connectivity index is 1.75. The van der Waals surface area contributed by atoms with Crippen molar-refractivity contribution < 1.29 is 9.13 Å². The number of methoxy groups -OCH3 is 1. The molecule has 0 spiro atoms. The van der Waals surface area contributed by atoms with Crippen LogP contribution in [0.3, 0.4) is 0 Å². The fraction of sp³-hybridized carbons (Fsp3) is 0.526. The van der Waals surface area contributed by atoms with E-state index in [2.05, 4.69) is 41.0 Å². The van der Waals surface area contributed by atoms with Crippen molar-refractivity contribution in [3.8, 4) is 0 Å². The molecule has 1 saturated heterocycles.